The Labute approximate surface area is 163 Å². The predicted octanol–water partition coefficient (Wildman–Crippen LogP) is 1.87. The molecule has 0 aliphatic carbocycles. The van der Waals surface area contributed by atoms with E-state index in [-0.39, 0.29) is 37.3 Å². The molecule has 0 spiro atoms. The summed E-state index contributed by atoms with van der Waals surface area (Å²) in [5, 5.41) is 5.58. The van der Waals surface area contributed by atoms with Crippen LogP contribution in [0.5, 0.6) is 5.75 Å². The Morgan fingerprint density at radius 2 is 1.93 bits per heavy atom. The van der Waals surface area contributed by atoms with E-state index in [2.05, 4.69) is 10.6 Å². The molecule has 0 unspecified atom stereocenters. The fourth-order valence-electron chi connectivity index (χ4n) is 2.99. The first-order valence-corrected chi connectivity index (χ1v) is 9.24. The van der Waals surface area contributed by atoms with Gasteiger partial charge >= 0.3 is 0 Å². The fraction of sp³-hybridized carbons (Fsp3) is 0.286. The standard InChI is InChI=1S/C21H23N3O4/c1-2-22-21(27)16-7-5-6-15(12-16)13-23-19(25)10-11-24-17-8-3-4-9-18(17)28-14-20(24)26/h3-9,12H,2,10-11,13-14H2,1H3,(H,22,27)(H,23,25). The Balaban J connectivity index is 1.54. The molecule has 2 aromatic carbocycles. The van der Waals surface area contributed by atoms with E-state index in [9.17, 15) is 14.4 Å². The van der Waals surface area contributed by atoms with Gasteiger partial charge in [-0.3, -0.25) is 14.4 Å². The van der Waals surface area contributed by atoms with Crippen LogP contribution in [0.2, 0.25) is 0 Å². The van der Waals surface area contributed by atoms with Crippen LogP contribution in [-0.2, 0) is 16.1 Å². The molecule has 0 radical (unpaired) electrons. The topological polar surface area (TPSA) is 87.7 Å². The number of benzene rings is 2. The number of nitrogens with zero attached hydrogens (tertiary/aromatic N) is 1. The molecular formula is C21H23N3O4. The minimum Gasteiger partial charge on any atom is -0.482 e. The lowest BCUT2D eigenvalue weighted by Crippen LogP contribution is -2.41. The summed E-state index contributed by atoms with van der Waals surface area (Å²) in [6.45, 7) is 3.00. The van der Waals surface area contributed by atoms with Gasteiger partial charge in [0.05, 0.1) is 5.69 Å². The second-order valence-electron chi connectivity index (χ2n) is 6.39. The maximum atomic E-state index is 12.2. The number of carbonyl (C=O) groups is 3. The normalized spacial score (nSPS) is 12.8. The zero-order valence-electron chi connectivity index (χ0n) is 15.7. The molecule has 2 N–H and O–H groups in total. The summed E-state index contributed by atoms with van der Waals surface area (Å²) in [4.78, 5) is 37.8. The monoisotopic (exact) mass is 381 g/mol. The highest BCUT2D eigenvalue weighted by molar-refractivity contribution is 5.98. The van der Waals surface area contributed by atoms with Crippen molar-refractivity contribution in [1.29, 1.82) is 0 Å². The number of amides is 3. The summed E-state index contributed by atoms with van der Waals surface area (Å²) >= 11 is 0. The Morgan fingerprint density at radius 3 is 2.75 bits per heavy atom. The number of ether oxygens (including phenoxy) is 1. The zero-order valence-corrected chi connectivity index (χ0v) is 15.7. The molecule has 0 atom stereocenters. The highest BCUT2D eigenvalue weighted by Gasteiger charge is 2.25. The van der Waals surface area contributed by atoms with Crippen molar-refractivity contribution in [1.82, 2.24) is 10.6 Å². The summed E-state index contributed by atoms with van der Waals surface area (Å²) in [6.07, 6.45) is 0.177. The molecule has 28 heavy (non-hydrogen) atoms. The van der Waals surface area contributed by atoms with Crippen molar-refractivity contribution >= 4 is 23.4 Å². The molecular weight excluding hydrogens is 358 g/mol. The molecule has 0 aromatic heterocycles. The van der Waals surface area contributed by atoms with Crippen LogP contribution >= 0.6 is 0 Å². The summed E-state index contributed by atoms with van der Waals surface area (Å²) in [5.41, 5.74) is 2.08. The van der Waals surface area contributed by atoms with Crippen LogP contribution in [0.15, 0.2) is 48.5 Å². The molecule has 1 aliphatic heterocycles. The molecule has 146 valence electrons. The van der Waals surface area contributed by atoms with E-state index in [1.807, 2.05) is 25.1 Å². The smallest absolute Gasteiger partial charge is 0.265 e. The van der Waals surface area contributed by atoms with E-state index >= 15 is 0 Å². The largest absolute Gasteiger partial charge is 0.482 e. The van der Waals surface area contributed by atoms with Gasteiger partial charge < -0.3 is 20.3 Å². The van der Waals surface area contributed by atoms with Crippen molar-refractivity contribution in [3.05, 3.63) is 59.7 Å². The summed E-state index contributed by atoms with van der Waals surface area (Å²) < 4.78 is 5.40. The summed E-state index contributed by atoms with van der Waals surface area (Å²) in [5.74, 6) is 0.172. The van der Waals surface area contributed by atoms with Crippen molar-refractivity contribution in [3.63, 3.8) is 0 Å². The molecule has 0 bridgehead atoms. The Kier molecular flexibility index (Phi) is 6.26. The number of nitrogens with one attached hydrogen (secondary N) is 2. The van der Waals surface area contributed by atoms with E-state index in [1.165, 1.54) is 0 Å². The van der Waals surface area contributed by atoms with Crippen LogP contribution in [0.4, 0.5) is 5.69 Å². The second kappa shape index (κ2) is 9.03. The van der Waals surface area contributed by atoms with E-state index in [0.717, 1.165) is 5.56 Å². The number of anilines is 1. The molecule has 1 heterocycles. The average Bonchev–Trinajstić information content (AvgIpc) is 2.72. The van der Waals surface area contributed by atoms with Crippen LogP contribution in [-0.4, -0.2) is 37.4 Å². The van der Waals surface area contributed by atoms with Gasteiger partial charge in [-0.15, -0.1) is 0 Å². The number of rotatable bonds is 7. The number of hydrogen-bond acceptors (Lipinski definition) is 4. The molecule has 2 aromatic rings. The molecule has 7 nitrogen and oxygen atoms in total. The van der Waals surface area contributed by atoms with E-state index in [0.29, 0.717) is 30.1 Å². The van der Waals surface area contributed by atoms with Crippen LogP contribution in [0.3, 0.4) is 0 Å². The van der Waals surface area contributed by atoms with Crippen molar-refractivity contribution in [2.45, 2.75) is 19.9 Å². The Hall–Kier alpha value is -3.35. The highest BCUT2D eigenvalue weighted by Crippen LogP contribution is 2.31. The Morgan fingerprint density at radius 1 is 1.11 bits per heavy atom. The van der Waals surface area contributed by atoms with Crippen LogP contribution in [0.25, 0.3) is 0 Å². The van der Waals surface area contributed by atoms with Crippen LogP contribution in [0.1, 0.15) is 29.3 Å². The van der Waals surface area contributed by atoms with Gasteiger partial charge in [-0.2, -0.15) is 0 Å². The second-order valence-corrected chi connectivity index (χ2v) is 6.39. The Bertz CT molecular complexity index is 881. The third-order valence-corrected chi connectivity index (χ3v) is 4.39. The molecule has 0 fully saturated rings. The molecule has 0 saturated carbocycles. The average molecular weight is 381 g/mol. The molecule has 0 saturated heterocycles. The minimum atomic E-state index is -0.166. The third-order valence-electron chi connectivity index (χ3n) is 4.39. The first-order valence-electron chi connectivity index (χ1n) is 9.24. The fourth-order valence-corrected chi connectivity index (χ4v) is 2.99. The van der Waals surface area contributed by atoms with E-state index in [1.54, 1.807) is 35.2 Å². The molecule has 3 amide bonds. The SMILES string of the molecule is CCNC(=O)c1cccc(CNC(=O)CCN2C(=O)COc3ccccc32)c1. The van der Waals surface area contributed by atoms with Gasteiger partial charge in [0.15, 0.2) is 6.61 Å². The number of hydrogen-bond donors (Lipinski definition) is 2. The molecule has 7 heteroatoms. The zero-order chi connectivity index (χ0) is 19.9. The predicted molar refractivity (Wildman–Crippen MR) is 105 cm³/mol. The molecule has 1 aliphatic rings. The number of carbonyl (C=O) groups excluding carboxylic acids is 3. The van der Waals surface area contributed by atoms with E-state index < -0.39 is 0 Å². The van der Waals surface area contributed by atoms with Crippen LogP contribution < -0.4 is 20.3 Å². The van der Waals surface area contributed by atoms with Crippen molar-refractivity contribution in [3.8, 4) is 5.75 Å². The van der Waals surface area contributed by atoms with Gasteiger partial charge in [0.1, 0.15) is 5.75 Å². The van der Waals surface area contributed by atoms with Gasteiger partial charge in [0, 0.05) is 31.6 Å². The maximum absolute atomic E-state index is 12.2. The minimum absolute atomic E-state index is 0.0226. The lowest BCUT2D eigenvalue weighted by atomic mass is 10.1. The van der Waals surface area contributed by atoms with Crippen molar-refractivity contribution in [2.24, 2.45) is 0 Å². The van der Waals surface area contributed by atoms with Crippen molar-refractivity contribution < 1.29 is 19.1 Å². The third kappa shape index (κ3) is 4.68. The maximum Gasteiger partial charge on any atom is 0.265 e. The summed E-state index contributed by atoms with van der Waals surface area (Å²) in [7, 11) is 0. The first kappa shape index (κ1) is 19.4. The number of para-hydroxylation sites is 2. The highest BCUT2D eigenvalue weighted by atomic mass is 16.5. The van der Waals surface area contributed by atoms with Crippen molar-refractivity contribution in [2.75, 3.05) is 24.6 Å². The van der Waals surface area contributed by atoms with Crippen LogP contribution in [0, 0.1) is 0 Å². The van der Waals surface area contributed by atoms with Gasteiger partial charge in [-0.25, -0.2) is 0 Å². The molecule has 3 rings (SSSR count). The number of fused-ring (bicyclic) bond motifs is 1. The quantitative estimate of drug-likeness (QED) is 0.766. The lowest BCUT2D eigenvalue weighted by Gasteiger charge is -2.29. The van der Waals surface area contributed by atoms with Gasteiger partial charge in [0.25, 0.3) is 11.8 Å². The van der Waals surface area contributed by atoms with Gasteiger partial charge in [0.2, 0.25) is 5.91 Å². The van der Waals surface area contributed by atoms with E-state index in [4.69, 9.17) is 4.74 Å². The van der Waals surface area contributed by atoms with Gasteiger partial charge in [-0.1, -0.05) is 24.3 Å². The lowest BCUT2D eigenvalue weighted by molar-refractivity contribution is -0.122. The summed E-state index contributed by atoms with van der Waals surface area (Å²) in [6, 6.07) is 14.4. The van der Waals surface area contributed by atoms with Gasteiger partial charge in [-0.05, 0) is 36.8 Å². The first-order chi connectivity index (χ1) is 13.6.